The van der Waals surface area contributed by atoms with E-state index in [-0.39, 0.29) is 0 Å². The van der Waals surface area contributed by atoms with Crippen LogP contribution in [0.5, 0.6) is 0 Å². The molecule has 156 valence electrons. The van der Waals surface area contributed by atoms with E-state index in [9.17, 15) is 0 Å². The zero-order chi connectivity index (χ0) is 18.6. The average Bonchev–Trinajstić information content (AvgIpc) is 2.60. The molecule has 4 aliphatic carbocycles. The summed E-state index contributed by atoms with van der Waals surface area (Å²) in [6, 6.07) is 3.48. The molecule has 0 aromatic carbocycles. The van der Waals surface area contributed by atoms with E-state index in [0.717, 1.165) is 41.9 Å². The fraction of sp³-hybridized carbons (Fsp3) is 1.00. The van der Waals surface area contributed by atoms with Gasteiger partial charge in [-0.1, -0.05) is 52.4 Å². The molecule has 0 heterocycles. The van der Waals surface area contributed by atoms with E-state index in [1.165, 1.54) is 103 Å². The Morgan fingerprint density at radius 2 is 1.33 bits per heavy atom. The number of fused-ring (bicyclic) bond motifs is 1. The van der Waals surface area contributed by atoms with Crippen LogP contribution < -0.4 is 5.32 Å². The van der Waals surface area contributed by atoms with E-state index in [4.69, 9.17) is 0 Å². The first kappa shape index (κ1) is 20.2. The maximum Gasteiger partial charge on any atom is 0.0132 e. The number of nitrogens with zero attached hydrogens (tertiary/aromatic N) is 1. The summed E-state index contributed by atoms with van der Waals surface area (Å²) in [7, 11) is 0. The Balaban J connectivity index is 1.21. The second-order valence-corrected chi connectivity index (χ2v) is 10.7. The van der Waals surface area contributed by atoms with Gasteiger partial charge in [0.2, 0.25) is 0 Å². The van der Waals surface area contributed by atoms with Crippen molar-refractivity contribution in [2.75, 3.05) is 6.54 Å². The highest BCUT2D eigenvalue weighted by molar-refractivity contribution is 5.03. The Hall–Kier alpha value is -0.0800. The summed E-state index contributed by atoms with van der Waals surface area (Å²) in [5.74, 6) is 3.18. The van der Waals surface area contributed by atoms with Crippen LogP contribution in [0, 0.1) is 17.8 Å². The first-order valence-electron chi connectivity index (χ1n) is 12.8. The van der Waals surface area contributed by atoms with Crippen molar-refractivity contribution in [3.63, 3.8) is 0 Å². The lowest BCUT2D eigenvalue weighted by Crippen LogP contribution is -2.59. The van der Waals surface area contributed by atoms with Crippen LogP contribution in [0.15, 0.2) is 0 Å². The van der Waals surface area contributed by atoms with E-state index in [1.54, 1.807) is 0 Å². The predicted molar refractivity (Wildman–Crippen MR) is 116 cm³/mol. The molecule has 0 spiro atoms. The maximum absolute atomic E-state index is 4.12. The Morgan fingerprint density at radius 1 is 0.741 bits per heavy atom. The van der Waals surface area contributed by atoms with Gasteiger partial charge in [0.15, 0.2) is 0 Å². The highest BCUT2D eigenvalue weighted by atomic mass is 15.2. The lowest BCUT2D eigenvalue weighted by molar-refractivity contribution is -0.0809. The van der Waals surface area contributed by atoms with Crippen LogP contribution in [-0.2, 0) is 0 Å². The zero-order valence-electron chi connectivity index (χ0n) is 18.3. The SMILES string of the molecule is CCN(C1CCCC(NC2CCCC(C)CCC2)CCC1)C1CC2CCC21. The molecule has 4 rings (SSSR count). The molecule has 0 aromatic heterocycles. The average molecular weight is 375 g/mol. The first-order valence-corrected chi connectivity index (χ1v) is 12.8. The minimum Gasteiger partial charge on any atom is -0.311 e. The van der Waals surface area contributed by atoms with Gasteiger partial charge in [-0.15, -0.1) is 0 Å². The Labute approximate surface area is 169 Å². The number of hydrogen-bond donors (Lipinski definition) is 1. The smallest absolute Gasteiger partial charge is 0.0132 e. The van der Waals surface area contributed by atoms with Crippen LogP contribution in [0.2, 0.25) is 0 Å². The summed E-state index contributed by atoms with van der Waals surface area (Å²) in [5, 5.41) is 4.12. The molecule has 27 heavy (non-hydrogen) atoms. The van der Waals surface area contributed by atoms with Gasteiger partial charge in [-0.2, -0.15) is 0 Å². The van der Waals surface area contributed by atoms with Gasteiger partial charge >= 0.3 is 0 Å². The lowest BCUT2D eigenvalue weighted by Gasteiger charge is -2.58. The van der Waals surface area contributed by atoms with Crippen molar-refractivity contribution in [2.24, 2.45) is 17.8 Å². The van der Waals surface area contributed by atoms with Gasteiger partial charge in [-0.05, 0) is 82.1 Å². The molecule has 0 aliphatic heterocycles. The van der Waals surface area contributed by atoms with E-state index >= 15 is 0 Å². The van der Waals surface area contributed by atoms with Crippen molar-refractivity contribution < 1.29 is 0 Å². The van der Waals surface area contributed by atoms with Crippen molar-refractivity contribution in [3.05, 3.63) is 0 Å². The van der Waals surface area contributed by atoms with E-state index in [1.807, 2.05) is 0 Å². The van der Waals surface area contributed by atoms with Crippen LogP contribution in [0.3, 0.4) is 0 Å². The zero-order valence-corrected chi connectivity index (χ0v) is 18.3. The van der Waals surface area contributed by atoms with Crippen LogP contribution in [-0.4, -0.2) is 35.6 Å². The summed E-state index contributed by atoms with van der Waals surface area (Å²) in [5.41, 5.74) is 0. The van der Waals surface area contributed by atoms with Gasteiger partial charge in [-0.3, -0.25) is 4.90 Å². The van der Waals surface area contributed by atoms with Crippen molar-refractivity contribution in [1.82, 2.24) is 10.2 Å². The third-order valence-electron chi connectivity index (χ3n) is 8.93. The molecular weight excluding hydrogens is 328 g/mol. The summed E-state index contributed by atoms with van der Waals surface area (Å²) in [6.07, 6.45) is 21.9. The number of rotatable bonds is 5. The molecule has 0 aromatic rings. The summed E-state index contributed by atoms with van der Waals surface area (Å²) in [4.78, 5) is 2.95. The summed E-state index contributed by atoms with van der Waals surface area (Å²) < 4.78 is 0. The lowest BCUT2D eigenvalue weighted by atomic mass is 9.55. The van der Waals surface area contributed by atoms with Crippen LogP contribution in [0.1, 0.15) is 110 Å². The summed E-state index contributed by atoms with van der Waals surface area (Å²) in [6.45, 7) is 6.17. The van der Waals surface area contributed by atoms with Gasteiger partial charge in [0.25, 0.3) is 0 Å². The Bertz CT molecular complexity index is 430. The third-order valence-corrected chi connectivity index (χ3v) is 8.93. The Kier molecular flexibility index (Phi) is 7.19. The van der Waals surface area contributed by atoms with Gasteiger partial charge < -0.3 is 5.32 Å². The van der Waals surface area contributed by atoms with Crippen LogP contribution in [0.4, 0.5) is 0 Å². The quantitative estimate of drug-likeness (QED) is 0.621. The molecule has 2 nitrogen and oxygen atoms in total. The fourth-order valence-corrected chi connectivity index (χ4v) is 7.03. The second-order valence-electron chi connectivity index (χ2n) is 10.7. The molecule has 0 saturated heterocycles. The molecule has 4 fully saturated rings. The monoisotopic (exact) mass is 374 g/mol. The normalized spacial score (nSPS) is 43.4. The van der Waals surface area contributed by atoms with Crippen molar-refractivity contribution >= 4 is 0 Å². The molecule has 4 saturated carbocycles. The predicted octanol–water partition coefficient (Wildman–Crippen LogP) is 6.15. The van der Waals surface area contributed by atoms with Gasteiger partial charge in [-0.25, -0.2) is 0 Å². The molecule has 1 N–H and O–H groups in total. The first-order chi connectivity index (χ1) is 13.2. The van der Waals surface area contributed by atoms with Gasteiger partial charge in [0, 0.05) is 24.2 Å². The third kappa shape index (κ3) is 4.92. The van der Waals surface area contributed by atoms with Gasteiger partial charge in [0.1, 0.15) is 0 Å². The minimum atomic E-state index is 0.808. The second kappa shape index (κ2) is 9.61. The van der Waals surface area contributed by atoms with Crippen LogP contribution in [0.25, 0.3) is 0 Å². The topological polar surface area (TPSA) is 15.3 Å². The Morgan fingerprint density at radius 3 is 1.78 bits per heavy atom. The van der Waals surface area contributed by atoms with E-state index in [0.29, 0.717) is 0 Å². The van der Waals surface area contributed by atoms with Crippen molar-refractivity contribution in [1.29, 1.82) is 0 Å². The number of nitrogens with one attached hydrogen (secondary N) is 1. The van der Waals surface area contributed by atoms with E-state index < -0.39 is 0 Å². The molecule has 4 aliphatic rings. The summed E-state index contributed by atoms with van der Waals surface area (Å²) >= 11 is 0. The largest absolute Gasteiger partial charge is 0.311 e. The van der Waals surface area contributed by atoms with Crippen molar-refractivity contribution in [3.8, 4) is 0 Å². The molecule has 0 radical (unpaired) electrons. The van der Waals surface area contributed by atoms with Crippen molar-refractivity contribution in [2.45, 2.75) is 134 Å². The highest BCUT2D eigenvalue weighted by Crippen LogP contribution is 2.53. The maximum atomic E-state index is 4.12. The standard InChI is InChI=1S/C25H46N2/c1-3-27(25-18-20-16-17-24(20)25)23-14-6-12-22(13-7-15-23)26-21-10-4-8-19(2)9-5-11-21/h19-26H,3-18H2,1-2H3. The highest BCUT2D eigenvalue weighted by Gasteiger charge is 2.50. The fourth-order valence-electron chi connectivity index (χ4n) is 7.03. The molecule has 0 amide bonds. The molecule has 3 unspecified atom stereocenters. The molecule has 2 heteroatoms. The van der Waals surface area contributed by atoms with Gasteiger partial charge in [0.05, 0.1) is 0 Å². The van der Waals surface area contributed by atoms with Crippen LogP contribution >= 0.6 is 0 Å². The minimum absolute atomic E-state index is 0.808. The molecular formula is C25H46N2. The van der Waals surface area contributed by atoms with E-state index in [2.05, 4.69) is 24.1 Å². The molecule has 3 atom stereocenters. The number of hydrogen-bond acceptors (Lipinski definition) is 2. The molecule has 0 bridgehead atoms.